The molecule has 0 heterocycles. The van der Waals surface area contributed by atoms with Crippen LogP contribution in [0.4, 0.5) is 0 Å². The maximum Gasteiger partial charge on any atom is 0.306 e. The summed E-state index contributed by atoms with van der Waals surface area (Å²) in [6.07, 6.45) is 0.00786. The summed E-state index contributed by atoms with van der Waals surface area (Å²) >= 11 is -1.91. The van der Waals surface area contributed by atoms with E-state index in [0.29, 0.717) is 18.4 Å². The van der Waals surface area contributed by atoms with Crippen LogP contribution in [-0.4, -0.2) is 27.1 Å². The Labute approximate surface area is 87.3 Å². The van der Waals surface area contributed by atoms with Gasteiger partial charge in [-0.3, -0.25) is 4.79 Å². The van der Waals surface area contributed by atoms with Crippen molar-refractivity contribution < 1.29 is 18.3 Å². The molecule has 0 fully saturated rings. The third kappa shape index (κ3) is 7.03. The average molecular weight is 222 g/mol. The van der Waals surface area contributed by atoms with E-state index in [4.69, 9.17) is 9.29 Å². The zero-order chi connectivity index (χ0) is 11.1. The SMILES string of the molecule is CC(C)C(C)COC(=O)CCS(=O)O. The van der Waals surface area contributed by atoms with E-state index in [-0.39, 0.29) is 12.2 Å². The summed E-state index contributed by atoms with van der Waals surface area (Å²) in [5.74, 6) is 0.336. The highest BCUT2D eigenvalue weighted by molar-refractivity contribution is 7.79. The molecule has 0 aromatic carbocycles. The van der Waals surface area contributed by atoms with Gasteiger partial charge in [0.25, 0.3) is 0 Å². The molecule has 0 aliphatic carbocycles. The van der Waals surface area contributed by atoms with Gasteiger partial charge in [-0.05, 0) is 11.8 Å². The van der Waals surface area contributed by atoms with Crippen molar-refractivity contribution in [1.29, 1.82) is 0 Å². The molecular weight excluding hydrogens is 204 g/mol. The van der Waals surface area contributed by atoms with E-state index < -0.39 is 17.0 Å². The lowest BCUT2D eigenvalue weighted by Crippen LogP contribution is -2.17. The maximum absolute atomic E-state index is 11.0. The van der Waals surface area contributed by atoms with Crippen LogP contribution in [0.15, 0.2) is 0 Å². The molecule has 84 valence electrons. The first-order chi connectivity index (χ1) is 6.43. The first-order valence-electron chi connectivity index (χ1n) is 4.66. The Morgan fingerprint density at radius 3 is 2.43 bits per heavy atom. The van der Waals surface area contributed by atoms with E-state index in [1.54, 1.807) is 0 Å². The molecule has 2 unspecified atom stereocenters. The molecule has 0 aromatic rings. The van der Waals surface area contributed by atoms with Gasteiger partial charge in [0.05, 0.1) is 18.8 Å². The molecule has 0 saturated carbocycles. The lowest BCUT2D eigenvalue weighted by Gasteiger charge is -2.14. The van der Waals surface area contributed by atoms with Crippen LogP contribution in [0, 0.1) is 11.8 Å². The molecule has 0 rings (SSSR count). The predicted molar refractivity (Wildman–Crippen MR) is 55.2 cm³/mol. The molecule has 2 atom stereocenters. The molecule has 0 saturated heterocycles. The first-order valence-corrected chi connectivity index (χ1v) is 5.94. The molecule has 0 radical (unpaired) electrons. The lowest BCUT2D eigenvalue weighted by atomic mass is 9.99. The summed E-state index contributed by atoms with van der Waals surface area (Å²) in [5.41, 5.74) is 0. The standard InChI is InChI=1S/C9H18O4S/c1-7(2)8(3)6-13-9(10)4-5-14(11)12/h7-8H,4-6H2,1-3H3,(H,11,12). The fourth-order valence-electron chi connectivity index (χ4n) is 0.660. The molecule has 0 spiro atoms. The van der Waals surface area contributed by atoms with Crippen LogP contribution in [0.25, 0.3) is 0 Å². The zero-order valence-corrected chi connectivity index (χ0v) is 9.67. The maximum atomic E-state index is 11.0. The molecule has 0 bridgehead atoms. The second kappa shape index (κ2) is 6.95. The number of hydrogen-bond donors (Lipinski definition) is 1. The Balaban J connectivity index is 3.58. The summed E-state index contributed by atoms with van der Waals surface area (Å²) in [6, 6.07) is 0. The van der Waals surface area contributed by atoms with Gasteiger partial charge in [-0.25, -0.2) is 4.21 Å². The minimum atomic E-state index is -1.91. The number of rotatable bonds is 6. The third-order valence-electron chi connectivity index (χ3n) is 2.13. The smallest absolute Gasteiger partial charge is 0.306 e. The van der Waals surface area contributed by atoms with Gasteiger partial charge in [-0.2, -0.15) is 0 Å². The van der Waals surface area contributed by atoms with Crippen molar-refractivity contribution in [2.45, 2.75) is 27.2 Å². The van der Waals surface area contributed by atoms with Gasteiger partial charge < -0.3 is 9.29 Å². The molecule has 0 aliphatic heterocycles. The summed E-state index contributed by atoms with van der Waals surface area (Å²) in [4.78, 5) is 11.0. The van der Waals surface area contributed by atoms with Gasteiger partial charge in [0.1, 0.15) is 0 Å². The minimum absolute atomic E-state index is 0.00786. The zero-order valence-electron chi connectivity index (χ0n) is 8.86. The Morgan fingerprint density at radius 1 is 1.43 bits per heavy atom. The number of hydrogen-bond acceptors (Lipinski definition) is 3. The molecule has 0 aromatic heterocycles. The molecule has 14 heavy (non-hydrogen) atoms. The van der Waals surface area contributed by atoms with Crippen molar-refractivity contribution in [2.75, 3.05) is 12.4 Å². The molecule has 0 amide bonds. The van der Waals surface area contributed by atoms with E-state index in [9.17, 15) is 9.00 Å². The second-order valence-corrected chi connectivity index (χ2v) is 4.73. The number of carbonyl (C=O) groups excluding carboxylic acids is 1. The van der Waals surface area contributed by atoms with Crippen molar-refractivity contribution >= 4 is 17.0 Å². The fourth-order valence-corrected chi connectivity index (χ4v) is 1.00. The van der Waals surface area contributed by atoms with E-state index in [0.717, 1.165) is 0 Å². The Bertz CT molecular complexity index is 203. The molecule has 0 aliphatic rings. The molecule has 4 nitrogen and oxygen atoms in total. The average Bonchev–Trinajstić information content (AvgIpc) is 2.10. The van der Waals surface area contributed by atoms with Gasteiger partial charge in [0.15, 0.2) is 11.1 Å². The van der Waals surface area contributed by atoms with Crippen LogP contribution in [0.2, 0.25) is 0 Å². The van der Waals surface area contributed by atoms with E-state index in [1.807, 2.05) is 6.92 Å². The molecular formula is C9H18O4S. The number of carbonyl (C=O) groups is 1. The topological polar surface area (TPSA) is 63.6 Å². The lowest BCUT2D eigenvalue weighted by molar-refractivity contribution is -0.144. The van der Waals surface area contributed by atoms with Crippen molar-refractivity contribution in [1.82, 2.24) is 0 Å². The largest absolute Gasteiger partial charge is 0.465 e. The summed E-state index contributed by atoms with van der Waals surface area (Å²) in [6.45, 7) is 6.50. The van der Waals surface area contributed by atoms with Crippen molar-refractivity contribution in [3.8, 4) is 0 Å². The van der Waals surface area contributed by atoms with Crippen LogP contribution >= 0.6 is 0 Å². The Morgan fingerprint density at radius 2 is 2.00 bits per heavy atom. The van der Waals surface area contributed by atoms with Gasteiger partial charge >= 0.3 is 5.97 Å². The summed E-state index contributed by atoms with van der Waals surface area (Å²) in [7, 11) is 0. The highest BCUT2D eigenvalue weighted by atomic mass is 32.2. The fraction of sp³-hybridized carbons (Fsp3) is 0.889. The molecule has 5 heteroatoms. The van der Waals surface area contributed by atoms with Crippen LogP contribution in [0.3, 0.4) is 0 Å². The quantitative estimate of drug-likeness (QED) is 0.545. The summed E-state index contributed by atoms with van der Waals surface area (Å²) < 4.78 is 23.6. The third-order valence-corrected chi connectivity index (χ3v) is 2.68. The molecule has 1 N–H and O–H groups in total. The predicted octanol–water partition coefficient (Wildman–Crippen LogP) is 1.43. The Kier molecular flexibility index (Phi) is 6.74. The highest BCUT2D eigenvalue weighted by Gasteiger charge is 2.11. The van der Waals surface area contributed by atoms with E-state index >= 15 is 0 Å². The van der Waals surface area contributed by atoms with Crippen molar-refractivity contribution in [3.05, 3.63) is 0 Å². The van der Waals surface area contributed by atoms with Gasteiger partial charge in [-0.15, -0.1) is 0 Å². The van der Waals surface area contributed by atoms with Gasteiger partial charge in [0.2, 0.25) is 0 Å². The minimum Gasteiger partial charge on any atom is -0.465 e. The summed E-state index contributed by atoms with van der Waals surface area (Å²) in [5, 5.41) is 0. The van der Waals surface area contributed by atoms with Crippen LogP contribution in [-0.2, 0) is 20.6 Å². The van der Waals surface area contributed by atoms with Gasteiger partial charge in [-0.1, -0.05) is 20.8 Å². The van der Waals surface area contributed by atoms with Crippen molar-refractivity contribution in [3.63, 3.8) is 0 Å². The normalized spacial score (nSPS) is 15.2. The number of ether oxygens (including phenoxy) is 1. The Hall–Kier alpha value is -0.420. The van der Waals surface area contributed by atoms with Crippen LogP contribution < -0.4 is 0 Å². The van der Waals surface area contributed by atoms with E-state index in [2.05, 4.69) is 13.8 Å². The van der Waals surface area contributed by atoms with Crippen LogP contribution in [0.1, 0.15) is 27.2 Å². The first kappa shape index (κ1) is 13.6. The second-order valence-electron chi connectivity index (χ2n) is 3.68. The number of esters is 1. The monoisotopic (exact) mass is 222 g/mol. The van der Waals surface area contributed by atoms with Crippen molar-refractivity contribution in [2.24, 2.45) is 11.8 Å². The van der Waals surface area contributed by atoms with E-state index in [1.165, 1.54) is 0 Å². The van der Waals surface area contributed by atoms with Crippen LogP contribution in [0.5, 0.6) is 0 Å². The van der Waals surface area contributed by atoms with Gasteiger partial charge in [0, 0.05) is 0 Å². The highest BCUT2D eigenvalue weighted by Crippen LogP contribution is 2.09.